The van der Waals surface area contributed by atoms with E-state index < -0.39 is 47.9 Å². The molecule has 0 aliphatic heterocycles. The summed E-state index contributed by atoms with van der Waals surface area (Å²) in [6.07, 6.45) is 1.13. The van der Waals surface area contributed by atoms with Crippen LogP contribution in [0.15, 0.2) is 35.3 Å². The molecule has 37 heavy (non-hydrogen) atoms. The Morgan fingerprint density at radius 2 is 1.59 bits per heavy atom. The lowest BCUT2D eigenvalue weighted by atomic mass is 9.98. The van der Waals surface area contributed by atoms with Gasteiger partial charge in [-0.25, -0.2) is 4.79 Å². The Labute approximate surface area is 222 Å². The molecule has 0 fully saturated rings. The van der Waals surface area contributed by atoms with Gasteiger partial charge in [0.2, 0.25) is 17.7 Å². The van der Waals surface area contributed by atoms with Gasteiger partial charge in [0, 0.05) is 18.7 Å². The third-order valence-corrected chi connectivity index (χ3v) is 6.20. The number of hydrogen-bond donors (Lipinski definition) is 8. The second-order valence-corrected chi connectivity index (χ2v) is 9.13. The summed E-state index contributed by atoms with van der Waals surface area (Å²) in [6.45, 7) is 3.73. The molecule has 206 valence electrons. The number of amides is 3. The average molecular weight is 538 g/mol. The zero-order chi connectivity index (χ0) is 28.0. The van der Waals surface area contributed by atoms with E-state index in [2.05, 4.69) is 33.6 Å². The van der Waals surface area contributed by atoms with E-state index in [0.717, 1.165) is 5.56 Å². The molecule has 10 N–H and O–H groups in total. The highest BCUT2D eigenvalue weighted by Gasteiger charge is 2.31. The summed E-state index contributed by atoms with van der Waals surface area (Å²) in [6, 6.07) is 4.81. The number of rotatable bonds is 16. The Kier molecular flexibility index (Phi) is 14.1. The highest BCUT2D eigenvalue weighted by molar-refractivity contribution is 7.80. The van der Waals surface area contributed by atoms with Crippen molar-refractivity contribution in [3.63, 3.8) is 0 Å². The molecule has 1 aromatic carbocycles. The zero-order valence-electron chi connectivity index (χ0n) is 21.2. The van der Waals surface area contributed by atoms with E-state index in [-0.39, 0.29) is 37.0 Å². The van der Waals surface area contributed by atoms with Crippen LogP contribution in [0, 0.1) is 5.92 Å². The molecule has 0 spiro atoms. The number of carboxylic acids is 1. The van der Waals surface area contributed by atoms with Gasteiger partial charge < -0.3 is 38.3 Å². The highest BCUT2D eigenvalue weighted by atomic mass is 32.1. The van der Waals surface area contributed by atoms with Crippen molar-refractivity contribution in [1.29, 1.82) is 0 Å². The number of benzene rings is 1. The summed E-state index contributed by atoms with van der Waals surface area (Å²) < 4.78 is 0. The summed E-state index contributed by atoms with van der Waals surface area (Å²) in [7, 11) is 0. The van der Waals surface area contributed by atoms with Gasteiger partial charge >= 0.3 is 5.97 Å². The molecule has 0 saturated heterocycles. The highest BCUT2D eigenvalue weighted by Crippen LogP contribution is 2.10. The van der Waals surface area contributed by atoms with Gasteiger partial charge in [0.15, 0.2) is 5.96 Å². The Hall–Kier alpha value is -3.32. The second-order valence-electron chi connectivity index (χ2n) is 8.76. The largest absolute Gasteiger partial charge is 0.480 e. The molecule has 0 radical (unpaired) electrons. The molecule has 0 bridgehead atoms. The molecule has 1 rings (SSSR count). The van der Waals surface area contributed by atoms with Crippen molar-refractivity contribution in [1.82, 2.24) is 16.0 Å². The minimum atomic E-state index is -1.18. The van der Waals surface area contributed by atoms with E-state index in [1.165, 1.54) is 0 Å². The quantitative estimate of drug-likeness (QED) is 0.0572. The van der Waals surface area contributed by atoms with Crippen molar-refractivity contribution < 1.29 is 24.3 Å². The van der Waals surface area contributed by atoms with Crippen molar-refractivity contribution in [3.05, 3.63) is 35.9 Å². The predicted molar refractivity (Wildman–Crippen MR) is 145 cm³/mol. The van der Waals surface area contributed by atoms with Gasteiger partial charge in [0.25, 0.3) is 0 Å². The van der Waals surface area contributed by atoms with Crippen LogP contribution in [-0.2, 0) is 25.6 Å². The van der Waals surface area contributed by atoms with Crippen LogP contribution < -0.4 is 33.2 Å². The average Bonchev–Trinajstić information content (AvgIpc) is 2.87. The summed E-state index contributed by atoms with van der Waals surface area (Å²) in [5.74, 6) is -3.41. The van der Waals surface area contributed by atoms with Crippen LogP contribution in [-0.4, -0.2) is 71.2 Å². The van der Waals surface area contributed by atoms with E-state index >= 15 is 0 Å². The van der Waals surface area contributed by atoms with Crippen molar-refractivity contribution in [2.24, 2.45) is 28.1 Å². The molecule has 0 aliphatic carbocycles. The smallest absolute Gasteiger partial charge is 0.326 e. The summed E-state index contributed by atoms with van der Waals surface area (Å²) in [5.41, 5.74) is 17.2. The van der Waals surface area contributed by atoms with Crippen LogP contribution in [0.2, 0.25) is 0 Å². The fraction of sp³-hybridized carbons (Fsp3) is 0.542. The van der Waals surface area contributed by atoms with E-state index in [1.807, 2.05) is 13.0 Å². The lowest BCUT2D eigenvalue weighted by Gasteiger charge is -2.26. The first-order valence-electron chi connectivity index (χ1n) is 12.1. The molecule has 5 atom stereocenters. The van der Waals surface area contributed by atoms with Crippen molar-refractivity contribution in [2.45, 2.75) is 63.7 Å². The Balaban J connectivity index is 3.14. The molecular weight excluding hydrogens is 498 g/mol. The first-order valence-corrected chi connectivity index (χ1v) is 12.7. The lowest BCUT2D eigenvalue weighted by molar-refractivity contribution is -0.144. The van der Waals surface area contributed by atoms with Gasteiger partial charge in [0.1, 0.15) is 18.1 Å². The van der Waals surface area contributed by atoms with Crippen LogP contribution in [0.5, 0.6) is 0 Å². The maximum atomic E-state index is 13.3. The Morgan fingerprint density at radius 1 is 1.00 bits per heavy atom. The number of thiol groups is 1. The first-order chi connectivity index (χ1) is 17.5. The van der Waals surface area contributed by atoms with Gasteiger partial charge in [-0.05, 0) is 24.3 Å². The molecular formula is C24H39N7O5S. The Morgan fingerprint density at radius 3 is 2.14 bits per heavy atom. The van der Waals surface area contributed by atoms with E-state index in [1.54, 1.807) is 31.2 Å². The summed E-state index contributed by atoms with van der Waals surface area (Å²) >= 11 is 4.03. The third-order valence-electron chi connectivity index (χ3n) is 5.80. The first kappa shape index (κ1) is 31.7. The summed E-state index contributed by atoms with van der Waals surface area (Å²) in [4.78, 5) is 54.5. The third kappa shape index (κ3) is 11.5. The monoisotopic (exact) mass is 537 g/mol. The number of hydrogen-bond acceptors (Lipinski definition) is 7. The number of nitrogens with zero attached hydrogens (tertiary/aromatic N) is 1. The standard InChI is InChI=1S/C24H39N7O5S/c1-3-14(2)19(23(35)36)31-21(33)17(10-7-11-28-24(26)27)29-22(34)18(30-20(32)16(25)13-37)12-15-8-5-4-6-9-15/h4-6,8-9,14,16-19,37H,3,7,10-13,25H2,1-2H3,(H,29,34)(H,30,32)(H,31,33)(H,35,36)(H4,26,27,28). The van der Waals surface area contributed by atoms with Gasteiger partial charge in [-0.1, -0.05) is 50.6 Å². The number of nitrogens with one attached hydrogen (secondary N) is 3. The molecule has 0 saturated carbocycles. The van der Waals surface area contributed by atoms with Gasteiger partial charge in [-0.3, -0.25) is 19.4 Å². The number of nitrogens with two attached hydrogens (primary N) is 3. The van der Waals surface area contributed by atoms with Crippen molar-refractivity contribution in [2.75, 3.05) is 12.3 Å². The number of carbonyl (C=O) groups excluding carboxylic acids is 3. The van der Waals surface area contributed by atoms with Crippen LogP contribution >= 0.6 is 12.6 Å². The lowest BCUT2D eigenvalue weighted by Crippen LogP contribution is -2.58. The number of aliphatic carboxylic acids is 1. The van der Waals surface area contributed by atoms with E-state index in [4.69, 9.17) is 17.2 Å². The summed E-state index contributed by atoms with van der Waals surface area (Å²) in [5, 5.41) is 17.4. The maximum absolute atomic E-state index is 13.3. The minimum absolute atomic E-state index is 0.0769. The Bertz CT molecular complexity index is 927. The van der Waals surface area contributed by atoms with Crippen LogP contribution in [0.25, 0.3) is 0 Å². The number of carbonyl (C=O) groups is 4. The topological polar surface area (TPSA) is 215 Å². The number of guanidine groups is 1. The number of carboxylic acid groups (broad SMARTS) is 1. The fourth-order valence-corrected chi connectivity index (χ4v) is 3.57. The second kappa shape index (κ2) is 16.4. The molecule has 0 heterocycles. The SMILES string of the molecule is CCC(C)C(NC(=O)C(CCCN=C(N)N)NC(=O)C(Cc1ccccc1)NC(=O)C(N)CS)C(=O)O. The van der Waals surface area contributed by atoms with Crippen LogP contribution in [0.4, 0.5) is 0 Å². The van der Waals surface area contributed by atoms with Crippen molar-refractivity contribution in [3.8, 4) is 0 Å². The van der Waals surface area contributed by atoms with Crippen molar-refractivity contribution >= 4 is 42.3 Å². The van der Waals surface area contributed by atoms with Crippen LogP contribution in [0.1, 0.15) is 38.7 Å². The van der Waals surface area contributed by atoms with E-state index in [9.17, 15) is 24.3 Å². The molecule has 5 unspecified atom stereocenters. The molecule has 0 aromatic heterocycles. The molecule has 3 amide bonds. The van der Waals surface area contributed by atoms with Gasteiger partial charge in [0.05, 0.1) is 6.04 Å². The predicted octanol–water partition coefficient (Wildman–Crippen LogP) is -0.875. The molecule has 1 aromatic rings. The molecule has 0 aliphatic rings. The van der Waals surface area contributed by atoms with E-state index in [0.29, 0.717) is 12.8 Å². The molecule has 12 nitrogen and oxygen atoms in total. The number of aliphatic imine (C=N–C) groups is 1. The van der Waals surface area contributed by atoms with Gasteiger partial charge in [-0.15, -0.1) is 0 Å². The fourth-order valence-electron chi connectivity index (χ4n) is 3.40. The molecule has 13 heteroatoms. The maximum Gasteiger partial charge on any atom is 0.326 e. The zero-order valence-corrected chi connectivity index (χ0v) is 22.1. The normalized spacial score (nSPS) is 14.8. The van der Waals surface area contributed by atoms with Gasteiger partial charge in [-0.2, -0.15) is 12.6 Å². The van der Waals surface area contributed by atoms with Crippen LogP contribution in [0.3, 0.4) is 0 Å². The minimum Gasteiger partial charge on any atom is -0.480 e.